The van der Waals surface area contributed by atoms with Gasteiger partial charge in [0.2, 0.25) is 0 Å². The molecular weight excluding hydrogens is 268 g/mol. The molecule has 0 spiro atoms. The number of hydrogen-bond acceptors (Lipinski definition) is 4. The third kappa shape index (κ3) is 4.55. The molecule has 0 heterocycles. The van der Waals surface area contributed by atoms with E-state index in [4.69, 9.17) is 9.84 Å². The number of carboxylic acid groups (broad SMARTS) is 1. The summed E-state index contributed by atoms with van der Waals surface area (Å²) in [5.41, 5.74) is -0.266. The van der Waals surface area contributed by atoms with Crippen LogP contribution < -0.4 is 4.74 Å². The minimum atomic E-state index is -3.44. The highest BCUT2D eigenvalue weighted by atomic mass is 32.2. The standard InChI is InChI=1S/C13H18O5S/c1-13(2,3)8-18-11-6-5-9(19(4,16)17)7-10(11)12(14)15/h5-7H,8H2,1-4H3,(H,14,15). The van der Waals surface area contributed by atoms with E-state index in [1.54, 1.807) is 0 Å². The first-order valence-corrected chi connectivity index (χ1v) is 7.60. The molecule has 0 saturated carbocycles. The smallest absolute Gasteiger partial charge is 0.339 e. The molecule has 1 aromatic rings. The van der Waals surface area contributed by atoms with Gasteiger partial charge in [-0.2, -0.15) is 0 Å². The normalized spacial score (nSPS) is 12.2. The van der Waals surface area contributed by atoms with Crippen LogP contribution >= 0.6 is 0 Å². The average Bonchev–Trinajstić information content (AvgIpc) is 2.23. The molecule has 1 N–H and O–H groups in total. The molecule has 19 heavy (non-hydrogen) atoms. The predicted octanol–water partition coefficient (Wildman–Crippen LogP) is 2.21. The first-order chi connectivity index (χ1) is 8.50. The third-order valence-corrected chi connectivity index (χ3v) is 3.38. The molecule has 6 heteroatoms. The first-order valence-electron chi connectivity index (χ1n) is 5.71. The summed E-state index contributed by atoms with van der Waals surface area (Å²) in [6.45, 7) is 6.21. The van der Waals surface area contributed by atoms with Crippen molar-refractivity contribution in [1.29, 1.82) is 0 Å². The third-order valence-electron chi connectivity index (χ3n) is 2.27. The minimum Gasteiger partial charge on any atom is -0.492 e. The summed E-state index contributed by atoms with van der Waals surface area (Å²) in [5, 5.41) is 9.11. The van der Waals surface area contributed by atoms with Crippen molar-refractivity contribution in [3.05, 3.63) is 23.8 Å². The SMILES string of the molecule is CC(C)(C)COc1ccc(S(C)(=O)=O)cc1C(=O)O. The van der Waals surface area contributed by atoms with E-state index in [1.165, 1.54) is 12.1 Å². The van der Waals surface area contributed by atoms with Crippen molar-refractivity contribution < 1.29 is 23.1 Å². The largest absolute Gasteiger partial charge is 0.492 e. The van der Waals surface area contributed by atoms with Gasteiger partial charge in [-0.25, -0.2) is 13.2 Å². The van der Waals surface area contributed by atoms with E-state index in [0.29, 0.717) is 6.61 Å². The van der Waals surface area contributed by atoms with Gasteiger partial charge in [0.15, 0.2) is 9.84 Å². The molecule has 0 saturated heterocycles. The Kier molecular flexibility index (Phi) is 4.25. The van der Waals surface area contributed by atoms with Gasteiger partial charge in [0.1, 0.15) is 11.3 Å². The van der Waals surface area contributed by atoms with Gasteiger partial charge in [-0.1, -0.05) is 20.8 Å². The van der Waals surface area contributed by atoms with Crippen molar-refractivity contribution in [2.45, 2.75) is 25.7 Å². The highest BCUT2D eigenvalue weighted by molar-refractivity contribution is 7.90. The second-order valence-electron chi connectivity index (χ2n) is 5.58. The maximum atomic E-state index is 11.4. The van der Waals surface area contributed by atoms with E-state index in [2.05, 4.69) is 0 Å². The van der Waals surface area contributed by atoms with Gasteiger partial charge in [-0.05, 0) is 23.6 Å². The molecule has 0 aliphatic rings. The van der Waals surface area contributed by atoms with Crippen molar-refractivity contribution in [1.82, 2.24) is 0 Å². The van der Waals surface area contributed by atoms with Crippen molar-refractivity contribution >= 4 is 15.8 Å². The lowest BCUT2D eigenvalue weighted by Crippen LogP contribution is -2.18. The lowest BCUT2D eigenvalue weighted by atomic mass is 9.98. The van der Waals surface area contributed by atoms with Gasteiger partial charge >= 0.3 is 5.97 Å². The molecule has 0 aromatic heterocycles. The summed E-state index contributed by atoms with van der Waals surface area (Å²) in [6.07, 6.45) is 1.03. The van der Waals surface area contributed by atoms with E-state index in [1.807, 2.05) is 20.8 Å². The second-order valence-corrected chi connectivity index (χ2v) is 7.60. The predicted molar refractivity (Wildman–Crippen MR) is 71.5 cm³/mol. The Hall–Kier alpha value is -1.56. The summed E-state index contributed by atoms with van der Waals surface area (Å²) >= 11 is 0. The molecular formula is C13H18O5S. The maximum Gasteiger partial charge on any atom is 0.339 e. The molecule has 0 bridgehead atoms. The van der Waals surface area contributed by atoms with Crippen molar-refractivity contribution in [2.24, 2.45) is 5.41 Å². The van der Waals surface area contributed by atoms with E-state index in [0.717, 1.165) is 12.3 Å². The van der Waals surface area contributed by atoms with E-state index in [9.17, 15) is 13.2 Å². The van der Waals surface area contributed by atoms with Crippen LogP contribution in [0, 0.1) is 5.41 Å². The fraction of sp³-hybridized carbons (Fsp3) is 0.462. The van der Waals surface area contributed by atoms with E-state index in [-0.39, 0.29) is 21.6 Å². The molecule has 0 aliphatic heterocycles. The van der Waals surface area contributed by atoms with Gasteiger partial charge in [-0.15, -0.1) is 0 Å². The van der Waals surface area contributed by atoms with Gasteiger partial charge < -0.3 is 9.84 Å². The number of carboxylic acids is 1. The van der Waals surface area contributed by atoms with Crippen LogP contribution in [0.5, 0.6) is 5.75 Å². The summed E-state index contributed by atoms with van der Waals surface area (Å²) in [4.78, 5) is 11.1. The lowest BCUT2D eigenvalue weighted by Gasteiger charge is -2.19. The average molecular weight is 286 g/mol. The van der Waals surface area contributed by atoms with Crippen LogP contribution in [0.15, 0.2) is 23.1 Å². The molecule has 1 aromatic carbocycles. The quantitative estimate of drug-likeness (QED) is 0.917. The summed E-state index contributed by atoms with van der Waals surface area (Å²) in [6, 6.07) is 3.85. The maximum absolute atomic E-state index is 11.4. The number of benzene rings is 1. The van der Waals surface area contributed by atoms with Crippen LogP contribution in [0.25, 0.3) is 0 Å². The summed E-state index contributed by atoms with van der Waals surface area (Å²) in [5.74, 6) is -1.04. The van der Waals surface area contributed by atoms with Crippen molar-refractivity contribution in [2.75, 3.05) is 12.9 Å². The molecule has 0 fully saturated rings. The van der Waals surface area contributed by atoms with Gasteiger partial charge in [-0.3, -0.25) is 0 Å². The number of hydrogen-bond donors (Lipinski definition) is 1. The fourth-order valence-electron chi connectivity index (χ4n) is 1.33. The Morgan fingerprint density at radius 1 is 1.32 bits per heavy atom. The van der Waals surface area contributed by atoms with Crippen LogP contribution in [0.2, 0.25) is 0 Å². The highest BCUT2D eigenvalue weighted by Crippen LogP contribution is 2.25. The topological polar surface area (TPSA) is 80.7 Å². The molecule has 1 rings (SSSR count). The Morgan fingerprint density at radius 2 is 1.89 bits per heavy atom. The van der Waals surface area contributed by atoms with Gasteiger partial charge in [0.05, 0.1) is 11.5 Å². The lowest BCUT2D eigenvalue weighted by molar-refractivity contribution is 0.0689. The second kappa shape index (κ2) is 5.21. The van der Waals surface area contributed by atoms with Crippen LogP contribution in [-0.4, -0.2) is 32.4 Å². The Balaban J connectivity index is 3.16. The van der Waals surface area contributed by atoms with E-state index >= 15 is 0 Å². The fourth-order valence-corrected chi connectivity index (χ4v) is 1.97. The van der Waals surface area contributed by atoms with E-state index < -0.39 is 15.8 Å². The Labute approximate surface area is 113 Å². The van der Waals surface area contributed by atoms with Crippen LogP contribution in [0.4, 0.5) is 0 Å². The van der Waals surface area contributed by atoms with Crippen molar-refractivity contribution in [3.63, 3.8) is 0 Å². The molecule has 0 aliphatic carbocycles. The minimum absolute atomic E-state index is 0.0343. The number of rotatable bonds is 4. The van der Waals surface area contributed by atoms with Gasteiger partial charge in [0, 0.05) is 6.26 Å². The van der Waals surface area contributed by atoms with Crippen LogP contribution in [0.1, 0.15) is 31.1 Å². The summed E-state index contributed by atoms with van der Waals surface area (Å²) in [7, 11) is -3.44. The zero-order valence-electron chi connectivity index (χ0n) is 11.4. The van der Waals surface area contributed by atoms with Crippen LogP contribution in [-0.2, 0) is 9.84 Å². The number of ether oxygens (including phenoxy) is 1. The molecule has 106 valence electrons. The molecule has 0 unspecified atom stereocenters. The Morgan fingerprint density at radius 3 is 2.32 bits per heavy atom. The van der Waals surface area contributed by atoms with Crippen LogP contribution in [0.3, 0.4) is 0 Å². The van der Waals surface area contributed by atoms with Gasteiger partial charge in [0.25, 0.3) is 0 Å². The molecule has 0 radical (unpaired) electrons. The highest BCUT2D eigenvalue weighted by Gasteiger charge is 2.18. The van der Waals surface area contributed by atoms with Crippen molar-refractivity contribution in [3.8, 4) is 5.75 Å². The molecule has 5 nitrogen and oxygen atoms in total. The Bertz CT molecular complexity index is 582. The zero-order chi connectivity index (χ0) is 14.8. The molecule has 0 atom stereocenters. The first kappa shape index (κ1) is 15.5. The zero-order valence-corrected chi connectivity index (χ0v) is 12.2. The summed E-state index contributed by atoms with van der Waals surface area (Å²) < 4.78 is 28.3. The number of aromatic carboxylic acids is 1. The monoisotopic (exact) mass is 286 g/mol. The molecule has 0 amide bonds. The number of carbonyl (C=O) groups is 1. The number of sulfone groups is 1.